The van der Waals surface area contributed by atoms with Gasteiger partial charge in [-0.15, -0.1) is 0 Å². The van der Waals surface area contributed by atoms with Gasteiger partial charge in [0.25, 0.3) is 10.0 Å². The molecule has 1 aliphatic heterocycles. The van der Waals surface area contributed by atoms with E-state index in [1.54, 1.807) is 38.1 Å². The van der Waals surface area contributed by atoms with Crippen LogP contribution in [0.15, 0.2) is 59.1 Å². The first-order valence-corrected chi connectivity index (χ1v) is 12.1. The van der Waals surface area contributed by atoms with Crippen LogP contribution in [-0.4, -0.2) is 33.4 Å². The van der Waals surface area contributed by atoms with E-state index in [2.05, 4.69) is 4.72 Å². The Labute approximate surface area is 194 Å². The molecule has 33 heavy (non-hydrogen) atoms. The standard InChI is InChI=1S/C25H29NO6S/c1-15(2)17-9-12-21-19(13-17)22(27)20(23(32-21)25(4,5)24(28)31-6)14-26-33(29,30)18-10-7-16(3)8-11-18/h7-15,23,26H,1-6H3/b20-14+. The summed E-state index contributed by atoms with van der Waals surface area (Å²) < 4.78 is 39.1. The van der Waals surface area contributed by atoms with Gasteiger partial charge in [-0.05, 0) is 56.5 Å². The van der Waals surface area contributed by atoms with Crippen LogP contribution in [0.1, 0.15) is 55.1 Å². The van der Waals surface area contributed by atoms with Crippen LogP contribution < -0.4 is 9.46 Å². The van der Waals surface area contributed by atoms with E-state index < -0.39 is 33.3 Å². The van der Waals surface area contributed by atoms with Crippen molar-refractivity contribution < 1.29 is 27.5 Å². The highest BCUT2D eigenvalue weighted by Gasteiger charge is 2.47. The number of nitrogens with one attached hydrogen (secondary N) is 1. The molecular weight excluding hydrogens is 442 g/mol. The molecule has 176 valence electrons. The number of rotatable bonds is 6. The van der Waals surface area contributed by atoms with Gasteiger partial charge >= 0.3 is 5.97 Å². The Kier molecular flexibility index (Phi) is 6.70. The molecule has 0 fully saturated rings. The normalized spacial score (nSPS) is 17.5. The molecular formula is C25H29NO6S. The Hall–Kier alpha value is -3.13. The number of ketones is 1. The Bertz CT molecular complexity index is 1210. The lowest BCUT2D eigenvalue weighted by Crippen LogP contribution is -2.47. The molecule has 0 saturated heterocycles. The highest BCUT2D eigenvalue weighted by atomic mass is 32.2. The minimum absolute atomic E-state index is 0.0227. The van der Waals surface area contributed by atoms with E-state index in [0.717, 1.165) is 17.3 Å². The van der Waals surface area contributed by atoms with Crippen molar-refractivity contribution >= 4 is 21.8 Å². The lowest BCUT2D eigenvalue weighted by Gasteiger charge is -2.36. The minimum atomic E-state index is -3.94. The second-order valence-electron chi connectivity index (χ2n) is 8.98. The maximum atomic E-state index is 13.5. The van der Waals surface area contributed by atoms with Crippen molar-refractivity contribution in [3.05, 3.63) is 70.9 Å². The second kappa shape index (κ2) is 9.02. The molecule has 0 radical (unpaired) electrons. The van der Waals surface area contributed by atoms with Crippen molar-refractivity contribution in [2.24, 2.45) is 5.41 Å². The summed E-state index contributed by atoms with van der Waals surface area (Å²) >= 11 is 0. The maximum Gasteiger partial charge on any atom is 0.315 e. The summed E-state index contributed by atoms with van der Waals surface area (Å²) in [5.74, 6) is -0.480. The van der Waals surface area contributed by atoms with Crippen molar-refractivity contribution in [2.45, 2.75) is 51.5 Å². The molecule has 2 aromatic carbocycles. The molecule has 0 saturated carbocycles. The monoisotopic (exact) mass is 471 g/mol. The summed E-state index contributed by atoms with van der Waals surface area (Å²) in [7, 11) is -2.69. The van der Waals surface area contributed by atoms with Gasteiger partial charge < -0.3 is 9.47 Å². The number of methoxy groups -OCH3 is 1. The Morgan fingerprint density at radius 1 is 1.15 bits per heavy atom. The van der Waals surface area contributed by atoms with Crippen LogP contribution in [0.25, 0.3) is 0 Å². The number of esters is 1. The van der Waals surface area contributed by atoms with Crippen LogP contribution in [0, 0.1) is 12.3 Å². The lowest BCUT2D eigenvalue weighted by molar-refractivity contribution is -0.154. The van der Waals surface area contributed by atoms with Crippen molar-refractivity contribution in [2.75, 3.05) is 7.11 Å². The molecule has 0 amide bonds. The molecule has 1 aliphatic rings. The number of hydrogen-bond acceptors (Lipinski definition) is 6. The Morgan fingerprint density at radius 2 is 1.79 bits per heavy atom. The highest BCUT2D eigenvalue weighted by Crippen LogP contribution is 2.40. The zero-order chi connectivity index (χ0) is 24.6. The number of aryl methyl sites for hydroxylation is 1. The van der Waals surface area contributed by atoms with Crippen LogP contribution in [0.2, 0.25) is 0 Å². The van der Waals surface area contributed by atoms with Gasteiger partial charge in [0, 0.05) is 6.20 Å². The number of carbonyl (C=O) groups excluding carboxylic acids is 2. The van der Waals surface area contributed by atoms with E-state index in [-0.39, 0.29) is 16.4 Å². The lowest BCUT2D eigenvalue weighted by atomic mass is 9.78. The van der Waals surface area contributed by atoms with Gasteiger partial charge in [-0.3, -0.25) is 14.3 Å². The molecule has 0 aliphatic carbocycles. The van der Waals surface area contributed by atoms with Crippen LogP contribution in [0.3, 0.4) is 0 Å². The topological polar surface area (TPSA) is 98.8 Å². The summed E-state index contributed by atoms with van der Waals surface area (Å²) in [6.45, 7) is 9.04. The van der Waals surface area contributed by atoms with Crippen molar-refractivity contribution in [3.63, 3.8) is 0 Å². The number of sulfonamides is 1. The van der Waals surface area contributed by atoms with Gasteiger partial charge in [0.1, 0.15) is 17.3 Å². The molecule has 1 unspecified atom stereocenters. The van der Waals surface area contributed by atoms with Gasteiger partial charge in [0.05, 0.1) is 23.1 Å². The highest BCUT2D eigenvalue weighted by molar-refractivity contribution is 7.89. The molecule has 2 aromatic rings. The molecule has 0 aromatic heterocycles. The SMILES string of the molecule is COC(=O)C(C)(C)C1Oc2ccc(C(C)C)cc2C(=O)/C1=C\NS(=O)(=O)c1ccc(C)cc1. The van der Waals surface area contributed by atoms with Crippen LogP contribution >= 0.6 is 0 Å². The minimum Gasteiger partial charge on any atom is -0.484 e. The number of fused-ring (bicyclic) bond motifs is 1. The largest absolute Gasteiger partial charge is 0.484 e. The second-order valence-corrected chi connectivity index (χ2v) is 10.7. The van der Waals surface area contributed by atoms with Crippen molar-refractivity contribution in [1.82, 2.24) is 4.72 Å². The predicted octanol–water partition coefficient (Wildman–Crippen LogP) is 4.12. The molecule has 1 atom stereocenters. The first-order valence-electron chi connectivity index (χ1n) is 10.6. The first kappa shape index (κ1) is 24.5. The van der Waals surface area contributed by atoms with E-state index >= 15 is 0 Å². The summed E-state index contributed by atoms with van der Waals surface area (Å²) in [5, 5.41) is 0. The van der Waals surface area contributed by atoms with Gasteiger partial charge in [-0.25, -0.2) is 8.42 Å². The fourth-order valence-corrected chi connectivity index (χ4v) is 4.54. The Balaban J connectivity index is 2.09. The number of benzene rings is 2. The summed E-state index contributed by atoms with van der Waals surface area (Å²) in [6, 6.07) is 11.6. The van der Waals surface area contributed by atoms with Gasteiger partial charge in [0.2, 0.25) is 0 Å². The van der Waals surface area contributed by atoms with E-state index in [4.69, 9.17) is 9.47 Å². The number of ether oxygens (including phenoxy) is 2. The third-order valence-corrected chi connectivity index (χ3v) is 7.09. The van der Waals surface area contributed by atoms with E-state index in [1.807, 2.05) is 26.8 Å². The van der Waals surface area contributed by atoms with Crippen LogP contribution in [-0.2, 0) is 19.6 Å². The van der Waals surface area contributed by atoms with Gasteiger partial charge in [-0.2, -0.15) is 0 Å². The smallest absolute Gasteiger partial charge is 0.315 e. The zero-order valence-electron chi connectivity index (χ0n) is 19.6. The quantitative estimate of drug-likeness (QED) is 0.503. The molecule has 7 nitrogen and oxygen atoms in total. The molecule has 0 bridgehead atoms. The van der Waals surface area contributed by atoms with Crippen LogP contribution in [0.5, 0.6) is 5.75 Å². The molecule has 1 N–H and O–H groups in total. The van der Waals surface area contributed by atoms with E-state index in [0.29, 0.717) is 11.3 Å². The van der Waals surface area contributed by atoms with Gasteiger partial charge in [-0.1, -0.05) is 37.6 Å². The fraction of sp³-hybridized carbons (Fsp3) is 0.360. The van der Waals surface area contributed by atoms with E-state index in [9.17, 15) is 18.0 Å². The predicted molar refractivity (Wildman–Crippen MR) is 125 cm³/mol. The van der Waals surface area contributed by atoms with Crippen LogP contribution in [0.4, 0.5) is 0 Å². The van der Waals surface area contributed by atoms with E-state index in [1.165, 1.54) is 19.2 Å². The zero-order valence-corrected chi connectivity index (χ0v) is 20.4. The number of Topliss-reactive ketones (excluding diaryl/α,β-unsaturated/α-hetero) is 1. The third kappa shape index (κ3) is 4.80. The Morgan fingerprint density at radius 3 is 2.36 bits per heavy atom. The fourth-order valence-electron chi connectivity index (χ4n) is 3.63. The number of carbonyl (C=O) groups is 2. The first-order chi connectivity index (χ1) is 15.4. The summed E-state index contributed by atoms with van der Waals surface area (Å²) in [4.78, 5) is 26.1. The summed E-state index contributed by atoms with van der Waals surface area (Å²) in [6.07, 6.45) is 0.0632. The van der Waals surface area contributed by atoms with Gasteiger partial charge in [0.15, 0.2) is 5.78 Å². The van der Waals surface area contributed by atoms with Crippen molar-refractivity contribution in [3.8, 4) is 5.75 Å². The molecule has 3 rings (SSSR count). The summed E-state index contributed by atoms with van der Waals surface area (Å²) in [5.41, 5.74) is 0.935. The average molecular weight is 472 g/mol. The molecule has 8 heteroatoms. The third-order valence-electron chi connectivity index (χ3n) is 5.77. The number of hydrogen-bond donors (Lipinski definition) is 1. The molecule has 0 spiro atoms. The molecule has 1 heterocycles. The van der Waals surface area contributed by atoms with Crippen molar-refractivity contribution in [1.29, 1.82) is 0 Å². The maximum absolute atomic E-state index is 13.5. The average Bonchev–Trinajstić information content (AvgIpc) is 2.77.